The van der Waals surface area contributed by atoms with E-state index in [0.29, 0.717) is 6.42 Å². The van der Waals surface area contributed by atoms with Gasteiger partial charge in [-0.15, -0.1) is 0 Å². The zero-order valence-electron chi connectivity index (χ0n) is 15.1. The zero-order valence-corrected chi connectivity index (χ0v) is 15.1. The molecule has 2 N–H and O–H groups in total. The summed E-state index contributed by atoms with van der Waals surface area (Å²) in [6, 6.07) is 2.37. The Morgan fingerprint density at radius 3 is 2.67 bits per heavy atom. The van der Waals surface area contributed by atoms with Crippen LogP contribution in [0.2, 0.25) is 0 Å². The SMILES string of the molecule is CN(C#N)C(=O)[C@H](CC1CCCCC1)NC(=O)c1ccc(O)c([N+](=O)[O-])c1. The van der Waals surface area contributed by atoms with Gasteiger partial charge in [0.25, 0.3) is 11.8 Å². The Labute approximate surface area is 156 Å². The summed E-state index contributed by atoms with van der Waals surface area (Å²) in [5.41, 5.74) is -0.632. The van der Waals surface area contributed by atoms with Crippen LogP contribution in [-0.4, -0.2) is 39.8 Å². The first-order valence-electron chi connectivity index (χ1n) is 8.79. The Morgan fingerprint density at radius 2 is 2.07 bits per heavy atom. The molecule has 0 heterocycles. The molecule has 2 rings (SSSR count). The lowest BCUT2D eigenvalue weighted by molar-refractivity contribution is -0.385. The van der Waals surface area contributed by atoms with Gasteiger partial charge in [0, 0.05) is 18.7 Å². The molecule has 0 radical (unpaired) electrons. The van der Waals surface area contributed by atoms with Gasteiger partial charge in [-0.05, 0) is 24.5 Å². The quantitative estimate of drug-likeness (QED) is 0.339. The molecule has 1 aromatic rings. The van der Waals surface area contributed by atoms with Gasteiger partial charge in [-0.2, -0.15) is 5.26 Å². The van der Waals surface area contributed by atoms with E-state index in [0.717, 1.165) is 49.1 Å². The minimum atomic E-state index is -0.891. The molecule has 9 heteroatoms. The van der Waals surface area contributed by atoms with Crippen molar-refractivity contribution in [2.45, 2.75) is 44.6 Å². The second-order valence-corrected chi connectivity index (χ2v) is 6.72. The number of phenols is 1. The number of hydrogen-bond donors (Lipinski definition) is 2. The maximum atomic E-state index is 12.5. The van der Waals surface area contributed by atoms with E-state index in [-0.39, 0.29) is 11.5 Å². The number of nitro benzene ring substituents is 1. The summed E-state index contributed by atoms with van der Waals surface area (Å²) in [7, 11) is 1.33. The summed E-state index contributed by atoms with van der Waals surface area (Å²) in [4.78, 5) is 36.0. The number of likely N-dealkylation sites (N-methyl/N-ethyl adjacent to an activating group) is 1. The van der Waals surface area contributed by atoms with E-state index in [4.69, 9.17) is 5.26 Å². The van der Waals surface area contributed by atoms with E-state index >= 15 is 0 Å². The molecule has 0 unspecified atom stereocenters. The number of carbonyl (C=O) groups is 2. The van der Waals surface area contributed by atoms with Gasteiger partial charge in [-0.3, -0.25) is 24.6 Å². The number of rotatable bonds is 6. The molecule has 27 heavy (non-hydrogen) atoms. The average molecular weight is 374 g/mol. The van der Waals surface area contributed by atoms with Crippen LogP contribution in [0.1, 0.15) is 48.9 Å². The van der Waals surface area contributed by atoms with Crippen molar-refractivity contribution < 1.29 is 19.6 Å². The Hall–Kier alpha value is -3.15. The van der Waals surface area contributed by atoms with Crippen LogP contribution in [0.4, 0.5) is 5.69 Å². The minimum absolute atomic E-state index is 0.0412. The first-order chi connectivity index (χ1) is 12.8. The molecule has 0 spiro atoms. The number of benzene rings is 1. The van der Waals surface area contributed by atoms with Crippen molar-refractivity contribution in [1.29, 1.82) is 5.26 Å². The Morgan fingerprint density at radius 1 is 1.41 bits per heavy atom. The molecule has 1 aliphatic carbocycles. The lowest BCUT2D eigenvalue weighted by Crippen LogP contribution is -2.47. The Balaban J connectivity index is 2.19. The highest BCUT2D eigenvalue weighted by Crippen LogP contribution is 2.29. The molecule has 2 amide bonds. The predicted octanol–water partition coefficient (Wildman–Crippen LogP) is 2.31. The number of phenolic OH excluding ortho intramolecular Hbond substituents is 1. The molecule has 1 aliphatic rings. The summed E-state index contributed by atoms with van der Waals surface area (Å²) in [6.07, 6.45) is 7.35. The monoisotopic (exact) mass is 374 g/mol. The smallest absolute Gasteiger partial charge is 0.311 e. The normalized spacial score (nSPS) is 15.4. The van der Waals surface area contributed by atoms with Gasteiger partial charge < -0.3 is 10.4 Å². The fourth-order valence-corrected chi connectivity index (χ4v) is 3.31. The van der Waals surface area contributed by atoms with E-state index in [1.165, 1.54) is 13.1 Å². The van der Waals surface area contributed by atoms with Crippen molar-refractivity contribution in [3.63, 3.8) is 0 Å². The third kappa shape index (κ3) is 5.17. The topological polar surface area (TPSA) is 137 Å². The number of hydrogen-bond acceptors (Lipinski definition) is 6. The number of amides is 2. The lowest BCUT2D eigenvalue weighted by atomic mass is 9.84. The van der Waals surface area contributed by atoms with Crippen molar-refractivity contribution in [2.75, 3.05) is 7.05 Å². The predicted molar refractivity (Wildman–Crippen MR) is 95.6 cm³/mol. The third-order valence-corrected chi connectivity index (χ3v) is 4.81. The van der Waals surface area contributed by atoms with Gasteiger partial charge in [-0.25, -0.2) is 0 Å². The first-order valence-corrected chi connectivity index (χ1v) is 8.79. The van der Waals surface area contributed by atoms with E-state index in [2.05, 4.69) is 5.32 Å². The van der Waals surface area contributed by atoms with E-state index in [1.807, 2.05) is 0 Å². The minimum Gasteiger partial charge on any atom is -0.502 e. The largest absolute Gasteiger partial charge is 0.502 e. The van der Waals surface area contributed by atoms with Crippen LogP contribution in [-0.2, 0) is 4.79 Å². The van der Waals surface area contributed by atoms with Gasteiger partial charge >= 0.3 is 5.69 Å². The summed E-state index contributed by atoms with van der Waals surface area (Å²) < 4.78 is 0. The molecule has 1 saturated carbocycles. The highest BCUT2D eigenvalue weighted by atomic mass is 16.6. The maximum absolute atomic E-state index is 12.5. The molecule has 0 aromatic heterocycles. The second kappa shape index (κ2) is 8.98. The zero-order chi connectivity index (χ0) is 20.0. The maximum Gasteiger partial charge on any atom is 0.311 e. The number of nitrogens with one attached hydrogen (secondary N) is 1. The van der Waals surface area contributed by atoms with Crippen LogP contribution < -0.4 is 5.32 Å². The number of nitriles is 1. The molecule has 0 aliphatic heterocycles. The van der Waals surface area contributed by atoms with Gasteiger partial charge in [0.15, 0.2) is 11.9 Å². The number of nitrogens with zero attached hydrogens (tertiary/aromatic N) is 3. The highest BCUT2D eigenvalue weighted by molar-refractivity contribution is 5.98. The second-order valence-electron chi connectivity index (χ2n) is 6.72. The van der Waals surface area contributed by atoms with Crippen molar-refractivity contribution in [3.8, 4) is 11.9 Å². The number of nitro groups is 1. The molecule has 144 valence electrons. The van der Waals surface area contributed by atoms with Crippen molar-refractivity contribution >= 4 is 17.5 Å². The van der Waals surface area contributed by atoms with Crippen LogP contribution >= 0.6 is 0 Å². The Bertz CT molecular complexity index is 768. The molecule has 1 fully saturated rings. The van der Waals surface area contributed by atoms with Crippen molar-refractivity contribution in [2.24, 2.45) is 5.92 Å². The van der Waals surface area contributed by atoms with Crippen LogP contribution in [0.3, 0.4) is 0 Å². The first kappa shape index (κ1) is 20.2. The van der Waals surface area contributed by atoms with Crippen LogP contribution in [0.25, 0.3) is 0 Å². The van der Waals surface area contributed by atoms with Gasteiger partial charge in [0.2, 0.25) is 0 Å². The van der Waals surface area contributed by atoms with Gasteiger partial charge in [0.1, 0.15) is 6.04 Å². The molecule has 1 aromatic carbocycles. The third-order valence-electron chi connectivity index (χ3n) is 4.81. The van der Waals surface area contributed by atoms with Crippen LogP contribution in [0.5, 0.6) is 5.75 Å². The number of carbonyl (C=O) groups excluding carboxylic acids is 2. The van der Waals surface area contributed by atoms with Crippen LogP contribution in [0, 0.1) is 27.5 Å². The fraction of sp³-hybridized carbons (Fsp3) is 0.500. The molecule has 1 atom stereocenters. The van der Waals surface area contributed by atoms with E-state index in [9.17, 15) is 24.8 Å². The average Bonchev–Trinajstić information content (AvgIpc) is 2.67. The molecular weight excluding hydrogens is 352 g/mol. The number of aromatic hydroxyl groups is 1. The fourth-order valence-electron chi connectivity index (χ4n) is 3.31. The van der Waals surface area contributed by atoms with Gasteiger partial charge in [0.05, 0.1) is 4.92 Å². The van der Waals surface area contributed by atoms with Crippen molar-refractivity contribution in [1.82, 2.24) is 10.2 Å². The highest BCUT2D eigenvalue weighted by Gasteiger charge is 2.29. The molecular formula is C18H22N4O5. The summed E-state index contributed by atoms with van der Waals surface area (Å²) in [5.74, 6) is -1.46. The van der Waals surface area contributed by atoms with Crippen LogP contribution in [0.15, 0.2) is 18.2 Å². The summed E-state index contributed by atoms with van der Waals surface area (Å²) in [6.45, 7) is 0. The molecule has 0 bridgehead atoms. The van der Waals surface area contributed by atoms with Crippen molar-refractivity contribution in [3.05, 3.63) is 33.9 Å². The summed E-state index contributed by atoms with van der Waals surface area (Å²) in [5, 5.41) is 32.0. The van der Waals surface area contributed by atoms with Gasteiger partial charge in [-0.1, -0.05) is 32.1 Å². The molecule has 0 saturated heterocycles. The summed E-state index contributed by atoms with van der Waals surface area (Å²) >= 11 is 0. The van der Waals surface area contributed by atoms with E-state index in [1.54, 1.807) is 6.19 Å². The Kier molecular flexibility index (Phi) is 6.71. The van der Waals surface area contributed by atoms with E-state index < -0.39 is 34.2 Å². The molecule has 9 nitrogen and oxygen atoms in total. The standard InChI is InChI=1S/C18H22N4O5/c1-21(11-19)18(25)14(9-12-5-3-2-4-6-12)20-17(24)13-7-8-16(23)15(10-13)22(26)27/h7-8,10,12,14,23H,2-6,9H2,1H3,(H,20,24)/t14-/m0/s1. The lowest BCUT2D eigenvalue weighted by Gasteiger charge is -2.27.